The molecule has 0 bridgehead atoms. The van der Waals surface area contributed by atoms with Gasteiger partial charge in [-0.1, -0.05) is 0 Å². The van der Waals surface area contributed by atoms with E-state index in [0.717, 1.165) is 13.2 Å². The van der Waals surface area contributed by atoms with Gasteiger partial charge in [-0.15, -0.1) is 0 Å². The molecular formula is C6H15O2Si2. The van der Waals surface area contributed by atoms with E-state index in [-0.39, 0.29) is 0 Å². The Morgan fingerprint density at radius 2 is 2.20 bits per heavy atom. The maximum Gasteiger partial charge on any atom is 0.210 e. The van der Waals surface area contributed by atoms with Crippen molar-refractivity contribution in [1.29, 1.82) is 0 Å². The topological polar surface area (TPSA) is 18.5 Å². The molecule has 0 aliphatic carbocycles. The highest BCUT2D eigenvalue weighted by molar-refractivity contribution is 6.52. The Morgan fingerprint density at radius 3 is 3.00 bits per heavy atom. The molecule has 1 rings (SSSR count). The van der Waals surface area contributed by atoms with E-state index < -0.39 is 18.1 Å². The molecule has 10 heavy (non-hydrogen) atoms. The van der Waals surface area contributed by atoms with E-state index in [1.165, 1.54) is 12.1 Å². The average molecular weight is 175 g/mol. The van der Waals surface area contributed by atoms with Gasteiger partial charge in [-0.05, 0) is 25.2 Å². The number of rotatable bonds is 0. The molecule has 1 saturated heterocycles. The molecule has 1 heterocycles. The molecule has 0 aromatic heterocycles. The monoisotopic (exact) mass is 175 g/mol. The van der Waals surface area contributed by atoms with Crippen molar-refractivity contribution in [2.45, 2.75) is 25.2 Å². The van der Waals surface area contributed by atoms with E-state index in [2.05, 4.69) is 13.1 Å². The van der Waals surface area contributed by atoms with Gasteiger partial charge in [-0.2, -0.15) is 0 Å². The maximum absolute atomic E-state index is 5.64. The van der Waals surface area contributed by atoms with Crippen LogP contribution in [0.4, 0.5) is 0 Å². The summed E-state index contributed by atoms with van der Waals surface area (Å²) in [5, 5.41) is 0. The zero-order valence-corrected chi connectivity index (χ0v) is 8.88. The van der Waals surface area contributed by atoms with E-state index in [4.69, 9.17) is 8.85 Å². The predicted molar refractivity (Wildman–Crippen MR) is 46.1 cm³/mol. The SMILES string of the molecule is C[Si]1CCO[SiH](C)CCO1. The van der Waals surface area contributed by atoms with Gasteiger partial charge >= 0.3 is 0 Å². The number of hydrogen-bond donors (Lipinski definition) is 0. The van der Waals surface area contributed by atoms with Crippen LogP contribution in [0, 0.1) is 0 Å². The normalized spacial score (nSPS) is 31.2. The van der Waals surface area contributed by atoms with Crippen LogP contribution in [-0.2, 0) is 8.85 Å². The van der Waals surface area contributed by atoms with E-state index in [1.54, 1.807) is 0 Å². The third-order valence-electron chi connectivity index (χ3n) is 1.73. The second-order valence-corrected chi connectivity index (χ2v) is 7.50. The van der Waals surface area contributed by atoms with Crippen LogP contribution in [-0.4, -0.2) is 31.3 Å². The summed E-state index contributed by atoms with van der Waals surface area (Å²) in [6, 6.07) is 2.37. The first-order valence-electron chi connectivity index (χ1n) is 3.86. The summed E-state index contributed by atoms with van der Waals surface area (Å²) in [7, 11) is -1.28. The maximum atomic E-state index is 5.64. The molecule has 59 valence electrons. The van der Waals surface area contributed by atoms with Crippen LogP contribution in [0.1, 0.15) is 0 Å². The van der Waals surface area contributed by atoms with Crippen molar-refractivity contribution >= 4 is 18.1 Å². The number of hydrogen-bond acceptors (Lipinski definition) is 2. The summed E-state index contributed by atoms with van der Waals surface area (Å²) in [6.45, 7) is 6.37. The molecule has 0 aromatic carbocycles. The zero-order chi connectivity index (χ0) is 7.40. The molecule has 2 nitrogen and oxygen atoms in total. The first kappa shape index (κ1) is 8.45. The van der Waals surface area contributed by atoms with Gasteiger partial charge in [-0.3, -0.25) is 0 Å². The van der Waals surface area contributed by atoms with Crippen LogP contribution in [0.15, 0.2) is 0 Å². The molecular weight excluding hydrogens is 160 g/mol. The van der Waals surface area contributed by atoms with Gasteiger partial charge in [0.05, 0.1) is 0 Å². The fourth-order valence-electron chi connectivity index (χ4n) is 0.958. The highest BCUT2D eigenvalue weighted by atomic mass is 28.3. The Kier molecular flexibility index (Phi) is 3.61. The summed E-state index contributed by atoms with van der Waals surface area (Å²) < 4.78 is 11.2. The molecule has 1 unspecified atom stereocenters. The quantitative estimate of drug-likeness (QED) is 0.512. The van der Waals surface area contributed by atoms with Gasteiger partial charge in [0.15, 0.2) is 9.04 Å². The minimum atomic E-state index is -0.805. The van der Waals surface area contributed by atoms with Crippen molar-refractivity contribution in [3.8, 4) is 0 Å². The molecule has 0 N–H and O–H groups in total. The Morgan fingerprint density at radius 1 is 1.40 bits per heavy atom. The molecule has 0 aromatic rings. The fraction of sp³-hybridized carbons (Fsp3) is 1.00. The smallest absolute Gasteiger partial charge is 0.210 e. The van der Waals surface area contributed by atoms with Gasteiger partial charge in [0.25, 0.3) is 0 Å². The highest BCUT2D eigenvalue weighted by Gasteiger charge is 2.13. The molecule has 1 fully saturated rings. The Balaban J connectivity index is 2.21. The van der Waals surface area contributed by atoms with Gasteiger partial charge in [0.1, 0.15) is 0 Å². The van der Waals surface area contributed by atoms with E-state index in [1.807, 2.05) is 0 Å². The van der Waals surface area contributed by atoms with Crippen molar-refractivity contribution < 1.29 is 8.85 Å². The summed E-state index contributed by atoms with van der Waals surface area (Å²) in [4.78, 5) is 0. The second kappa shape index (κ2) is 4.28. The van der Waals surface area contributed by atoms with Crippen molar-refractivity contribution in [2.24, 2.45) is 0 Å². The third kappa shape index (κ3) is 2.96. The summed E-state index contributed by atoms with van der Waals surface area (Å²) in [5.74, 6) is 0. The van der Waals surface area contributed by atoms with Crippen LogP contribution in [0.2, 0.25) is 25.2 Å². The van der Waals surface area contributed by atoms with Crippen molar-refractivity contribution in [2.75, 3.05) is 13.2 Å². The molecule has 1 radical (unpaired) electrons. The minimum Gasteiger partial charge on any atom is -0.420 e. The van der Waals surface area contributed by atoms with Crippen LogP contribution in [0.25, 0.3) is 0 Å². The molecule has 1 aliphatic rings. The van der Waals surface area contributed by atoms with E-state index >= 15 is 0 Å². The fourth-order valence-corrected chi connectivity index (χ4v) is 3.58. The zero-order valence-electron chi connectivity index (χ0n) is 6.72. The molecule has 0 amide bonds. The average Bonchev–Trinajstić information content (AvgIpc) is 1.84. The second-order valence-electron chi connectivity index (χ2n) is 2.77. The van der Waals surface area contributed by atoms with Crippen LogP contribution in [0.3, 0.4) is 0 Å². The molecule has 1 aliphatic heterocycles. The van der Waals surface area contributed by atoms with Gasteiger partial charge < -0.3 is 8.85 Å². The summed E-state index contributed by atoms with van der Waals surface area (Å²) >= 11 is 0. The van der Waals surface area contributed by atoms with E-state index in [0.29, 0.717) is 0 Å². The van der Waals surface area contributed by atoms with E-state index in [9.17, 15) is 0 Å². The van der Waals surface area contributed by atoms with Crippen molar-refractivity contribution in [3.63, 3.8) is 0 Å². The van der Waals surface area contributed by atoms with Gasteiger partial charge in [-0.25, -0.2) is 0 Å². The lowest BCUT2D eigenvalue weighted by Gasteiger charge is -2.18. The lowest BCUT2D eigenvalue weighted by atomic mass is 10.9. The van der Waals surface area contributed by atoms with Crippen molar-refractivity contribution in [1.82, 2.24) is 0 Å². The van der Waals surface area contributed by atoms with Crippen LogP contribution in [0.5, 0.6) is 0 Å². The Bertz CT molecular complexity index is 79.7. The Labute approximate surface area is 66.0 Å². The molecule has 4 heteroatoms. The van der Waals surface area contributed by atoms with Crippen molar-refractivity contribution in [3.05, 3.63) is 0 Å². The van der Waals surface area contributed by atoms with Crippen LogP contribution < -0.4 is 0 Å². The Hall–Kier alpha value is 0.354. The molecule has 1 atom stereocenters. The van der Waals surface area contributed by atoms with Gasteiger partial charge in [0, 0.05) is 13.2 Å². The lowest BCUT2D eigenvalue weighted by molar-refractivity contribution is 0.283. The first-order chi connectivity index (χ1) is 4.79. The third-order valence-corrected chi connectivity index (χ3v) is 5.19. The molecule has 0 saturated carbocycles. The largest absolute Gasteiger partial charge is 0.420 e. The van der Waals surface area contributed by atoms with Gasteiger partial charge in [0.2, 0.25) is 9.04 Å². The standard InChI is InChI=1S/C6H15O2Si2/c1-9-5-3-8-10(2)6-4-7-9/h9H,3-6H2,1-2H3. The highest BCUT2D eigenvalue weighted by Crippen LogP contribution is 2.05. The summed E-state index contributed by atoms with van der Waals surface area (Å²) in [6.07, 6.45) is 0. The lowest BCUT2D eigenvalue weighted by Crippen LogP contribution is -2.26. The predicted octanol–water partition coefficient (Wildman–Crippen LogP) is 1.01. The molecule has 0 spiro atoms. The minimum absolute atomic E-state index is 0.478. The first-order valence-corrected chi connectivity index (χ1v) is 8.41. The van der Waals surface area contributed by atoms with Crippen LogP contribution >= 0.6 is 0 Å². The summed E-state index contributed by atoms with van der Waals surface area (Å²) in [5.41, 5.74) is 0.